The zero-order valence-electron chi connectivity index (χ0n) is 8.26. The largest absolute Gasteiger partial charge is 0.383 e. The lowest BCUT2D eigenvalue weighted by Crippen LogP contribution is -2.11. The quantitative estimate of drug-likeness (QED) is 0.907. The van der Waals surface area contributed by atoms with Gasteiger partial charge in [0.15, 0.2) is 0 Å². The summed E-state index contributed by atoms with van der Waals surface area (Å²) in [5.74, 6) is 0.631. The van der Waals surface area contributed by atoms with Crippen molar-refractivity contribution in [3.05, 3.63) is 40.8 Å². The van der Waals surface area contributed by atoms with Gasteiger partial charge in [0.05, 0.1) is 16.7 Å². The summed E-state index contributed by atoms with van der Waals surface area (Å²) >= 11 is 3.33. The minimum atomic E-state index is 0.0880. The highest BCUT2D eigenvalue weighted by atomic mass is 79.9. The molecule has 1 atom stereocenters. The van der Waals surface area contributed by atoms with Gasteiger partial charge in [-0.3, -0.25) is 4.98 Å². The third kappa shape index (κ3) is 1.87. The Hall–Kier alpha value is -1.36. The van der Waals surface area contributed by atoms with Crippen LogP contribution in [0.15, 0.2) is 35.2 Å². The molecule has 4 nitrogen and oxygen atoms in total. The predicted octanol–water partition coefficient (Wildman–Crippen LogP) is 2.23. The lowest BCUT2D eigenvalue weighted by atomic mass is 10.1. The minimum absolute atomic E-state index is 0.0880. The third-order valence-corrected chi connectivity index (χ3v) is 2.93. The number of hydrogen-bond donors (Lipinski definition) is 1. The van der Waals surface area contributed by atoms with Crippen LogP contribution in [-0.2, 0) is 0 Å². The lowest BCUT2D eigenvalue weighted by Gasteiger charge is -2.13. The Morgan fingerprint density at radius 3 is 2.80 bits per heavy atom. The van der Waals surface area contributed by atoms with Gasteiger partial charge in [-0.05, 0) is 34.5 Å². The van der Waals surface area contributed by atoms with Crippen LogP contribution in [0.3, 0.4) is 0 Å². The monoisotopic (exact) mass is 266 g/mol. The highest BCUT2D eigenvalue weighted by Crippen LogP contribution is 2.24. The van der Waals surface area contributed by atoms with Crippen molar-refractivity contribution >= 4 is 21.7 Å². The summed E-state index contributed by atoms with van der Waals surface area (Å²) in [6.07, 6.45) is 5.26. The number of aromatic nitrogens is 3. The van der Waals surface area contributed by atoms with E-state index in [-0.39, 0.29) is 6.04 Å². The first-order valence-corrected chi connectivity index (χ1v) is 5.38. The molecule has 2 rings (SSSR count). The molecule has 0 bridgehead atoms. The number of pyridine rings is 1. The minimum Gasteiger partial charge on any atom is -0.383 e. The van der Waals surface area contributed by atoms with Crippen molar-refractivity contribution < 1.29 is 0 Å². The van der Waals surface area contributed by atoms with E-state index in [1.165, 1.54) is 0 Å². The van der Waals surface area contributed by atoms with Crippen LogP contribution >= 0.6 is 15.9 Å². The van der Waals surface area contributed by atoms with Gasteiger partial charge in [-0.2, -0.15) is 5.10 Å². The zero-order valence-corrected chi connectivity index (χ0v) is 9.85. The Kier molecular flexibility index (Phi) is 2.73. The molecular formula is C10H11BrN4. The third-order valence-electron chi connectivity index (χ3n) is 2.32. The van der Waals surface area contributed by atoms with E-state index in [1.54, 1.807) is 17.1 Å². The first kappa shape index (κ1) is 10.2. The number of nitrogens with zero attached hydrogens (tertiary/aromatic N) is 3. The number of nitrogens with two attached hydrogens (primary N) is 1. The van der Waals surface area contributed by atoms with E-state index in [1.807, 2.05) is 25.3 Å². The second-order valence-electron chi connectivity index (χ2n) is 3.28. The van der Waals surface area contributed by atoms with E-state index >= 15 is 0 Å². The molecule has 0 aromatic carbocycles. The summed E-state index contributed by atoms with van der Waals surface area (Å²) < 4.78 is 2.58. The number of rotatable bonds is 2. The SMILES string of the molecule is CC(c1cccnc1)n1ncc(Br)c1N. The molecule has 2 N–H and O–H groups in total. The molecule has 0 radical (unpaired) electrons. The smallest absolute Gasteiger partial charge is 0.136 e. The van der Waals surface area contributed by atoms with Crippen LogP contribution < -0.4 is 5.73 Å². The molecule has 2 aromatic heterocycles. The van der Waals surface area contributed by atoms with Gasteiger partial charge in [-0.1, -0.05) is 6.07 Å². The standard InChI is InChI=1S/C10H11BrN4/c1-7(8-3-2-4-13-5-8)15-10(12)9(11)6-14-15/h2-7H,12H2,1H3. The second-order valence-corrected chi connectivity index (χ2v) is 4.14. The average Bonchev–Trinajstić information content (AvgIpc) is 2.60. The first-order valence-electron chi connectivity index (χ1n) is 4.58. The number of halogens is 1. The molecule has 0 saturated carbocycles. The van der Waals surface area contributed by atoms with Gasteiger partial charge >= 0.3 is 0 Å². The molecule has 0 aliphatic heterocycles. The summed E-state index contributed by atoms with van der Waals surface area (Å²) in [6.45, 7) is 2.03. The van der Waals surface area contributed by atoms with E-state index in [0.29, 0.717) is 5.82 Å². The summed E-state index contributed by atoms with van der Waals surface area (Å²) in [6, 6.07) is 4.00. The van der Waals surface area contributed by atoms with Gasteiger partial charge in [0.25, 0.3) is 0 Å². The van der Waals surface area contributed by atoms with Crippen molar-refractivity contribution in [3.8, 4) is 0 Å². The molecule has 0 aliphatic carbocycles. The molecular weight excluding hydrogens is 256 g/mol. The van der Waals surface area contributed by atoms with Crippen molar-refractivity contribution in [2.24, 2.45) is 0 Å². The Balaban J connectivity index is 2.37. The van der Waals surface area contributed by atoms with Crippen LogP contribution in [0.1, 0.15) is 18.5 Å². The highest BCUT2D eigenvalue weighted by Gasteiger charge is 2.13. The summed E-state index contributed by atoms with van der Waals surface area (Å²) in [5.41, 5.74) is 6.96. The topological polar surface area (TPSA) is 56.7 Å². The van der Waals surface area contributed by atoms with Gasteiger partial charge in [-0.25, -0.2) is 4.68 Å². The van der Waals surface area contributed by atoms with E-state index in [4.69, 9.17) is 5.73 Å². The Bertz CT molecular complexity index is 452. The van der Waals surface area contributed by atoms with Crippen LogP contribution in [0.25, 0.3) is 0 Å². The molecule has 15 heavy (non-hydrogen) atoms. The van der Waals surface area contributed by atoms with Gasteiger partial charge in [-0.15, -0.1) is 0 Å². The molecule has 1 unspecified atom stereocenters. The maximum Gasteiger partial charge on any atom is 0.136 e. The first-order chi connectivity index (χ1) is 7.20. The molecule has 2 heterocycles. The Morgan fingerprint density at radius 1 is 1.47 bits per heavy atom. The fourth-order valence-corrected chi connectivity index (χ4v) is 1.70. The number of anilines is 1. The summed E-state index contributed by atoms with van der Waals surface area (Å²) in [7, 11) is 0. The molecule has 0 spiro atoms. The lowest BCUT2D eigenvalue weighted by molar-refractivity contribution is 0.571. The maximum atomic E-state index is 5.87. The molecule has 0 amide bonds. The molecule has 78 valence electrons. The van der Waals surface area contributed by atoms with Gasteiger partial charge in [0, 0.05) is 12.4 Å². The van der Waals surface area contributed by atoms with Crippen LogP contribution in [-0.4, -0.2) is 14.8 Å². The predicted molar refractivity (Wildman–Crippen MR) is 62.4 cm³/mol. The maximum absolute atomic E-state index is 5.87. The molecule has 0 fully saturated rings. The second kappa shape index (κ2) is 4.02. The fourth-order valence-electron chi connectivity index (χ4n) is 1.42. The molecule has 0 aliphatic rings. The van der Waals surface area contributed by atoms with Crippen LogP contribution in [0.4, 0.5) is 5.82 Å². The molecule has 2 aromatic rings. The van der Waals surface area contributed by atoms with Gasteiger partial charge in [0.2, 0.25) is 0 Å². The highest BCUT2D eigenvalue weighted by molar-refractivity contribution is 9.10. The van der Waals surface area contributed by atoms with E-state index in [0.717, 1.165) is 10.0 Å². The van der Waals surface area contributed by atoms with Crippen LogP contribution in [0.5, 0.6) is 0 Å². The van der Waals surface area contributed by atoms with Crippen LogP contribution in [0.2, 0.25) is 0 Å². The Morgan fingerprint density at radius 2 is 2.27 bits per heavy atom. The van der Waals surface area contributed by atoms with Gasteiger partial charge < -0.3 is 5.73 Å². The Labute approximate surface area is 96.3 Å². The fraction of sp³-hybridized carbons (Fsp3) is 0.200. The van der Waals surface area contributed by atoms with Crippen molar-refractivity contribution in [3.63, 3.8) is 0 Å². The van der Waals surface area contributed by atoms with Crippen LogP contribution in [0, 0.1) is 0 Å². The van der Waals surface area contributed by atoms with Gasteiger partial charge in [0.1, 0.15) is 5.82 Å². The van der Waals surface area contributed by atoms with E-state index in [2.05, 4.69) is 26.0 Å². The number of nitrogen functional groups attached to an aromatic ring is 1. The van der Waals surface area contributed by atoms with Crippen molar-refractivity contribution in [1.82, 2.24) is 14.8 Å². The van der Waals surface area contributed by atoms with Crippen molar-refractivity contribution in [2.45, 2.75) is 13.0 Å². The summed E-state index contributed by atoms with van der Waals surface area (Å²) in [4.78, 5) is 4.07. The van der Waals surface area contributed by atoms with E-state index in [9.17, 15) is 0 Å². The van der Waals surface area contributed by atoms with Crippen molar-refractivity contribution in [1.29, 1.82) is 0 Å². The molecule has 0 saturated heterocycles. The van der Waals surface area contributed by atoms with Crippen molar-refractivity contribution in [2.75, 3.05) is 5.73 Å². The number of hydrogen-bond acceptors (Lipinski definition) is 3. The average molecular weight is 267 g/mol. The van der Waals surface area contributed by atoms with E-state index < -0.39 is 0 Å². The normalized spacial score (nSPS) is 12.7. The molecule has 5 heteroatoms. The zero-order chi connectivity index (χ0) is 10.8. The summed E-state index contributed by atoms with van der Waals surface area (Å²) in [5, 5.41) is 4.21.